The molecular formula is C16H27BrO4. The maximum Gasteiger partial charge on any atom is 0.340 e. The van der Waals surface area contributed by atoms with Crippen molar-refractivity contribution < 1.29 is 19.7 Å². The van der Waals surface area contributed by atoms with Crippen molar-refractivity contribution >= 4 is 21.9 Å². The van der Waals surface area contributed by atoms with Crippen LogP contribution in [0.1, 0.15) is 70.6 Å². The highest BCUT2D eigenvalue weighted by Crippen LogP contribution is 2.49. The Bertz CT molecular complexity index is 329. The summed E-state index contributed by atoms with van der Waals surface area (Å²) in [4.78, 5) is 23.1. The van der Waals surface area contributed by atoms with Gasteiger partial charge in [0.25, 0.3) is 0 Å². The predicted octanol–water partition coefficient (Wildman–Crippen LogP) is 4.46. The van der Waals surface area contributed by atoms with Crippen LogP contribution >= 0.6 is 15.9 Å². The fraction of sp³-hybridized carbons (Fsp3) is 0.938. The Morgan fingerprint density at radius 3 is 2.14 bits per heavy atom. The first-order valence-electron chi connectivity index (χ1n) is 8.27. The van der Waals surface area contributed by atoms with E-state index in [1.54, 1.807) is 0 Å². The minimum absolute atomic E-state index is 0.364. The zero-order valence-electron chi connectivity index (χ0n) is 12.7. The second kappa shape index (κ2) is 7.93. The van der Waals surface area contributed by atoms with E-state index >= 15 is 0 Å². The number of alkyl halides is 1. The monoisotopic (exact) mass is 362 g/mol. The summed E-state index contributed by atoms with van der Waals surface area (Å²) in [5.41, 5.74) is -1.56. The molecule has 2 aliphatic rings. The lowest BCUT2D eigenvalue weighted by molar-refractivity contribution is -0.382. The van der Waals surface area contributed by atoms with Crippen molar-refractivity contribution in [3.63, 3.8) is 0 Å². The molecule has 2 rings (SSSR count). The SMILES string of the molecule is O=C(O)C1(C2(CBr)CCCCCCC2)CCCCCOO1. The molecular weight excluding hydrogens is 336 g/mol. The minimum Gasteiger partial charge on any atom is -0.479 e. The lowest BCUT2D eigenvalue weighted by Crippen LogP contribution is -2.58. The quantitative estimate of drug-likeness (QED) is 0.594. The molecule has 1 unspecified atom stereocenters. The van der Waals surface area contributed by atoms with E-state index in [0.29, 0.717) is 18.4 Å². The number of hydrogen-bond acceptors (Lipinski definition) is 3. The number of carbonyl (C=O) groups is 1. The molecule has 1 N–H and O–H groups in total. The summed E-state index contributed by atoms with van der Waals surface area (Å²) >= 11 is 3.61. The van der Waals surface area contributed by atoms with Gasteiger partial charge in [0.05, 0.1) is 6.61 Å². The summed E-state index contributed by atoms with van der Waals surface area (Å²) in [6.07, 6.45) is 11.0. The highest BCUT2D eigenvalue weighted by Gasteiger charge is 2.58. The second-order valence-electron chi connectivity index (χ2n) is 6.53. The molecule has 0 spiro atoms. The van der Waals surface area contributed by atoms with Gasteiger partial charge in [-0.15, -0.1) is 0 Å². The molecule has 1 aliphatic carbocycles. The largest absolute Gasteiger partial charge is 0.479 e. The van der Waals surface area contributed by atoms with Gasteiger partial charge >= 0.3 is 5.97 Å². The first-order chi connectivity index (χ1) is 10.2. The van der Waals surface area contributed by atoms with Crippen LogP contribution in [-0.4, -0.2) is 28.6 Å². The van der Waals surface area contributed by atoms with Crippen molar-refractivity contribution in [2.45, 2.75) is 76.2 Å². The number of hydrogen-bond donors (Lipinski definition) is 1. The van der Waals surface area contributed by atoms with Gasteiger partial charge in [0, 0.05) is 10.7 Å². The lowest BCUT2D eigenvalue weighted by atomic mass is 9.64. The van der Waals surface area contributed by atoms with Crippen LogP contribution in [0.2, 0.25) is 0 Å². The van der Waals surface area contributed by atoms with Gasteiger partial charge in [-0.05, 0) is 32.1 Å². The molecule has 4 nitrogen and oxygen atoms in total. The fourth-order valence-electron chi connectivity index (χ4n) is 3.85. The van der Waals surface area contributed by atoms with Crippen LogP contribution in [0.25, 0.3) is 0 Å². The Morgan fingerprint density at radius 1 is 0.952 bits per heavy atom. The van der Waals surface area contributed by atoms with E-state index in [0.717, 1.165) is 44.9 Å². The average molecular weight is 363 g/mol. The fourth-order valence-corrected chi connectivity index (χ4v) is 4.86. The first-order valence-corrected chi connectivity index (χ1v) is 9.39. The Hall–Kier alpha value is -0.130. The topological polar surface area (TPSA) is 55.8 Å². The molecule has 1 saturated heterocycles. The zero-order valence-corrected chi connectivity index (χ0v) is 14.3. The molecule has 5 heteroatoms. The Labute approximate surface area is 135 Å². The molecule has 21 heavy (non-hydrogen) atoms. The standard InChI is InChI=1S/C16H27BrO4/c17-13-15(9-5-2-1-3-6-10-15)16(14(18)19)11-7-4-8-12-20-21-16/h1-13H2,(H,18,19). The molecule has 0 amide bonds. The molecule has 0 aromatic rings. The van der Waals surface area contributed by atoms with Crippen molar-refractivity contribution in [2.24, 2.45) is 5.41 Å². The van der Waals surface area contributed by atoms with E-state index in [9.17, 15) is 9.90 Å². The third-order valence-corrected chi connectivity index (χ3v) is 6.30. The molecule has 2 fully saturated rings. The lowest BCUT2D eigenvalue weighted by Gasteiger charge is -2.47. The van der Waals surface area contributed by atoms with Gasteiger partial charge in [0.2, 0.25) is 5.60 Å². The number of aliphatic carboxylic acids is 1. The van der Waals surface area contributed by atoms with Crippen molar-refractivity contribution in [3.8, 4) is 0 Å². The summed E-state index contributed by atoms with van der Waals surface area (Å²) < 4.78 is 0. The molecule has 122 valence electrons. The zero-order chi connectivity index (χ0) is 15.2. The molecule has 1 heterocycles. The molecule has 0 radical (unpaired) electrons. The first kappa shape index (κ1) is 17.2. The number of carboxylic acid groups (broad SMARTS) is 1. The highest BCUT2D eigenvalue weighted by atomic mass is 79.9. The molecule has 0 bridgehead atoms. The molecule has 0 aromatic carbocycles. The van der Waals surface area contributed by atoms with Gasteiger partial charge in [-0.3, -0.25) is 0 Å². The van der Waals surface area contributed by atoms with Crippen LogP contribution in [0.15, 0.2) is 0 Å². The predicted molar refractivity (Wildman–Crippen MR) is 84.4 cm³/mol. The van der Waals surface area contributed by atoms with Crippen LogP contribution in [0.4, 0.5) is 0 Å². The van der Waals surface area contributed by atoms with E-state index in [1.807, 2.05) is 0 Å². The summed E-state index contributed by atoms with van der Waals surface area (Å²) in [5, 5.41) is 10.7. The van der Waals surface area contributed by atoms with E-state index in [2.05, 4.69) is 15.9 Å². The Balaban J connectivity index is 2.32. The van der Waals surface area contributed by atoms with E-state index in [-0.39, 0.29) is 5.41 Å². The number of rotatable bonds is 3. The van der Waals surface area contributed by atoms with Gasteiger partial charge in [-0.25, -0.2) is 14.6 Å². The van der Waals surface area contributed by atoms with E-state index < -0.39 is 11.6 Å². The summed E-state index contributed by atoms with van der Waals surface area (Å²) in [7, 11) is 0. The van der Waals surface area contributed by atoms with Crippen LogP contribution in [-0.2, 0) is 14.6 Å². The summed E-state index contributed by atoms with van der Waals surface area (Å²) in [5.74, 6) is -0.857. The third-order valence-electron chi connectivity index (χ3n) is 5.23. The van der Waals surface area contributed by atoms with Gasteiger partial charge in [0.15, 0.2) is 0 Å². The summed E-state index contributed by atoms with van der Waals surface area (Å²) in [6, 6.07) is 0. The Kier molecular flexibility index (Phi) is 6.51. The highest BCUT2D eigenvalue weighted by molar-refractivity contribution is 9.09. The van der Waals surface area contributed by atoms with Gasteiger partial charge in [-0.1, -0.05) is 54.5 Å². The smallest absolute Gasteiger partial charge is 0.340 e. The van der Waals surface area contributed by atoms with Gasteiger partial charge < -0.3 is 5.11 Å². The maximum absolute atomic E-state index is 12.2. The van der Waals surface area contributed by atoms with Crippen molar-refractivity contribution in [3.05, 3.63) is 0 Å². The molecule has 1 atom stereocenters. The van der Waals surface area contributed by atoms with Crippen molar-refractivity contribution in [1.82, 2.24) is 0 Å². The molecule has 1 saturated carbocycles. The van der Waals surface area contributed by atoms with Crippen LogP contribution in [0.5, 0.6) is 0 Å². The minimum atomic E-state index is -1.20. The average Bonchev–Trinajstić information content (AvgIpc) is 2.40. The summed E-state index contributed by atoms with van der Waals surface area (Å²) in [6.45, 7) is 0.493. The van der Waals surface area contributed by atoms with E-state index in [1.165, 1.54) is 19.3 Å². The van der Waals surface area contributed by atoms with Crippen LogP contribution in [0, 0.1) is 5.41 Å². The van der Waals surface area contributed by atoms with E-state index in [4.69, 9.17) is 9.78 Å². The van der Waals surface area contributed by atoms with Gasteiger partial charge in [0.1, 0.15) is 0 Å². The maximum atomic E-state index is 12.2. The van der Waals surface area contributed by atoms with Crippen LogP contribution < -0.4 is 0 Å². The normalized spacial score (nSPS) is 31.5. The number of carboxylic acids is 1. The van der Waals surface area contributed by atoms with Crippen LogP contribution in [0.3, 0.4) is 0 Å². The van der Waals surface area contributed by atoms with Gasteiger partial charge in [-0.2, -0.15) is 0 Å². The van der Waals surface area contributed by atoms with Crippen molar-refractivity contribution in [2.75, 3.05) is 11.9 Å². The van der Waals surface area contributed by atoms with Crippen molar-refractivity contribution in [1.29, 1.82) is 0 Å². The Morgan fingerprint density at radius 2 is 1.52 bits per heavy atom. The third kappa shape index (κ3) is 3.62. The molecule has 1 aliphatic heterocycles. The molecule has 0 aromatic heterocycles. The second-order valence-corrected chi connectivity index (χ2v) is 7.09. The number of halogens is 1.